The summed E-state index contributed by atoms with van der Waals surface area (Å²) in [5.74, 6) is 2.76. The Bertz CT molecular complexity index is 267. The minimum atomic E-state index is 0.584. The summed E-state index contributed by atoms with van der Waals surface area (Å²) < 4.78 is 1.22. The van der Waals surface area contributed by atoms with E-state index in [0.717, 1.165) is 5.25 Å². The van der Waals surface area contributed by atoms with Crippen LogP contribution in [0.25, 0.3) is 0 Å². The molecule has 0 aliphatic carbocycles. The van der Waals surface area contributed by atoms with Gasteiger partial charge >= 0.3 is 0 Å². The highest BCUT2D eigenvalue weighted by Gasteiger charge is 2.55. The smallest absolute Gasteiger partial charge is 0.0740 e. The van der Waals surface area contributed by atoms with Crippen LogP contribution in [0.4, 0.5) is 0 Å². The molecule has 1 atom stereocenters. The highest BCUT2D eigenvalue weighted by molar-refractivity contribution is 8.22. The Hall–Kier alpha value is 1.01. The van der Waals surface area contributed by atoms with Crippen LogP contribution in [0.15, 0.2) is 0 Å². The molecule has 1 unspecified atom stereocenters. The van der Waals surface area contributed by atoms with Gasteiger partial charge in [-0.05, 0) is 39.4 Å². The number of hydrogen-bond acceptors (Lipinski definition) is 4. The first-order chi connectivity index (χ1) is 7.64. The minimum absolute atomic E-state index is 0.584. The summed E-state index contributed by atoms with van der Waals surface area (Å²) in [6.45, 7) is 5.10. The van der Waals surface area contributed by atoms with Gasteiger partial charge in [-0.15, -0.1) is 35.3 Å². The summed E-state index contributed by atoms with van der Waals surface area (Å²) in [5, 5.41) is 0.855. The Labute approximate surface area is 112 Å². The van der Waals surface area contributed by atoms with E-state index in [4.69, 9.17) is 0 Å². The first-order valence-corrected chi connectivity index (χ1v) is 9.14. The molecule has 0 amide bonds. The molecular formula is C12H21NS3. The van der Waals surface area contributed by atoms with Crippen LogP contribution in [0.3, 0.4) is 0 Å². The van der Waals surface area contributed by atoms with Gasteiger partial charge in [-0.2, -0.15) is 0 Å². The Balaban J connectivity index is 1.75. The van der Waals surface area contributed by atoms with Crippen LogP contribution >= 0.6 is 35.3 Å². The zero-order chi connectivity index (χ0) is 11.2. The number of thioether (sulfide) groups is 3. The SMILES string of the molecule is CC1SC2(CCN(C)CC2)CC12SCCS2. The van der Waals surface area contributed by atoms with Gasteiger partial charge in [0.05, 0.1) is 4.08 Å². The molecule has 3 saturated heterocycles. The van der Waals surface area contributed by atoms with Crippen LogP contribution in [0.5, 0.6) is 0 Å². The third-order valence-corrected chi connectivity index (χ3v) is 10.2. The zero-order valence-electron chi connectivity index (χ0n) is 10.2. The third kappa shape index (κ3) is 1.94. The second kappa shape index (κ2) is 4.29. The minimum Gasteiger partial charge on any atom is -0.306 e. The van der Waals surface area contributed by atoms with Crippen LogP contribution in [-0.2, 0) is 0 Å². The van der Waals surface area contributed by atoms with Crippen LogP contribution in [0, 0.1) is 0 Å². The highest BCUT2D eigenvalue weighted by atomic mass is 32.2. The van der Waals surface area contributed by atoms with Crippen molar-refractivity contribution in [3.63, 3.8) is 0 Å². The maximum Gasteiger partial charge on any atom is 0.0740 e. The monoisotopic (exact) mass is 275 g/mol. The number of nitrogens with zero attached hydrogens (tertiary/aromatic N) is 1. The summed E-state index contributed by atoms with van der Waals surface area (Å²) in [6.07, 6.45) is 4.30. The van der Waals surface area contributed by atoms with E-state index in [-0.39, 0.29) is 0 Å². The Morgan fingerprint density at radius 3 is 2.38 bits per heavy atom. The molecule has 3 aliphatic rings. The molecule has 1 nitrogen and oxygen atoms in total. The molecule has 0 bridgehead atoms. The maximum atomic E-state index is 2.50. The first kappa shape index (κ1) is 12.1. The van der Waals surface area contributed by atoms with Gasteiger partial charge < -0.3 is 4.90 Å². The van der Waals surface area contributed by atoms with E-state index in [2.05, 4.69) is 54.2 Å². The van der Waals surface area contributed by atoms with Gasteiger partial charge in [0.2, 0.25) is 0 Å². The molecule has 0 aromatic rings. The number of rotatable bonds is 0. The molecule has 92 valence electrons. The summed E-state index contributed by atoms with van der Waals surface area (Å²) in [7, 11) is 2.27. The molecule has 0 aromatic heterocycles. The van der Waals surface area contributed by atoms with Crippen molar-refractivity contribution in [2.24, 2.45) is 0 Å². The van der Waals surface area contributed by atoms with Gasteiger partial charge in [-0.25, -0.2) is 0 Å². The largest absolute Gasteiger partial charge is 0.306 e. The molecule has 3 heterocycles. The lowest BCUT2D eigenvalue weighted by atomic mass is 9.91. The van der Waals surface area contributed by atoms with E-state index in [1.165, 1.54) is 43.9 Å². The van der Waals surface area contributed by atoms with Crippen molar-refractivity contribution in [1.82, 2.24) is 4.90 Å². The van der Waals surface area contributed by atoms with Crippen molar-refractivity contribution < 1.29 is 0 Å². The van der Waals surface area contributed by atoms with E-state index >= 15 is 0 Å². The topological polar surface area (TPSA) is 3.24 Å². The fourth-order valence-corrected chi connectivity index (χ4v) is 9.27. The van der Waals surface area contributed by atoms with Crippen LogP contribution in [-0.4, -0.2) is 50.6 Å². The Kier molecular flexibility index (Phi) is 3.23. The molecule has 2 spiro atoms. The van der Waals surface area contributed by atoms with Gasteiger partial charge in [-0.3, -0.25) is 0 Å². The maximum absolute atomic E-state index is 2.50. The molecule has 3 aliphatic heterocycles. The van der Waals surface area contributed by atoms with E-state index in [1.54, 1.807) is 0 Å². The standard InChI is InChI=1S/C12H21NS3/c1-10-12(14-7-8-15-12)9-11(16-10)3-5-13(2)6-4-11/h10H,3-9H2,1-2H3. The number of piperidine rings is 1. The predicted molar refractivity (Wildman–Crippen MR) is 78.8 cm³/mol. The molecule has 0 radical (unpaired) electrons. The number of likely N-dealkylation sites (tertiary alicyclic amines) is 1. The quantitative estimate of drug-likeness (QED) is 0.668. The zero-order valence-corrected chi connectivity index (χ0v) is 12.6. The second-order valence-electron chi connectivity index (χ2n) is 5.43. The summed E-state index contributed by atoms with van der Waals surface area (Å²) in [4.78, 5) is 2.50. The van der Waals surface area contributed by atoms with E-state index < -0.39 is 0 Å². The van der Waals surface area contributed by atoms with Gasteiger partial charge in [0.15, 0.2) is 0 Å². The first-order valence-electron chi connectivity index (χ1n) is 6.29. The third-order valence-electron chi connectivity index (χ3n) is 4.29. The Morgan fingerprint density at radius 1 is 1.12 bits per heavy atom. The van der Waals surface area contributed by atoms with Crippen molar-refractivity contribution in [3.8, 4) is 0 Å². The fourth-order valence-electron chi connectivity index (χ4n) is 3.23. The molecule has 0 saturated carbocycles. The Morgan fingerprint density at radius 2 is 1.75 bits per heavy atom. The summed E-state index contributed by atoms with van der Waals surface area (Å²) >= 11 is 6.83. The van der Waals surface area contributed by atoms with Crippen molar-refractivity contribution in [2.75, 3.05) is 31.6 Å². The lowest BCUT2D eigenvalue weighted by Crippen LogP contribution is -2.40. The summed E-state index contributed by atoms with van der Waals surface area (Å²) in [5.41, 5.74) is 0. The molecule has 0 N–H and O–H groups in total. The van der Waals surface area contributed by atoms with Crippen molar-refractivity contribution in [1.29, 1.82) is 0 Å². The molecule has 16 heavy (non-hydrogen) atoms. The molecule has 3 fully saturated rings. The molecular weight excluding hydrogens is 254 g/mol. The van der Waals surface area contributed by atoms with E-state index in [0.29, 0.717) is 8.83 Å². The second-order valence-corrected chi connectivity index (χ2v) is 10.4. The lowest BCUT2D eigenvalue weighted by molar-refractivity contribution is 0.235. The van der Waals surface area contributed by atoms with Gasteiger partial charge in [0, 0.05) is 21.5 Å². The van der Waals surface area contributed by atoms with Crippen LogP contribution < -0.4 is 0 Å². The van der Waals surface area contributed by atoms with Crippen molar-refractivity contribution in [3.05, 3.63) is 0 Å². The normalized spacial score (nSPS) is 37.5. The van der Waals surface area contributed by atoms with Crippen LogP contribution in [0.1, 0.15) is 26.2 Å². The highest BCUT2D eigenvalue weighted by Crippen LogP contribution is 2.64. The van der Waals surface area contributed by atoms with Crippen LogP contribution in [0.2, 0.25) is 0 Å². The van der Waals surface area contributed by atoms with Gasteiger partial charge in [0.25, 0.3) is 0 Å². The number of hydrogen-bond donors (Lipinski definition) is 0. The average Bonchev–Trinajstić information content (AvgIpc) is 2.81. The molecule has 4 heteroatoms. The molecule has 0 aromatic carbocycles. The lowest BCUT2D eigenvalue weighted by Gasteiger charge is -2.37. The van der Waals surface area contributed by atoms with Gasteiger partial charge in [-0.1, -0.05) is 6.92 Å². The van der Waals surface area contributed by atoms with Crippen molar-refractivity contribution >= 4 is 35.3 Å². The van der Waals surface area contributed by atoms with Crippen molar-refractivity contribution in [2.45, 2.75) is 40.3 Å². The van der Waals surface area contributed by atoms with E-state index in [9.17, 15) is 0 Å². The predicted octanol–water partition coefficient (Wildman–Crippen LogP) is 3.15. The van der Waals surface area contributed by atoms with Gasteiger partial charge in [0.1, 0.15) is 0 Å². The van der Waals surface area contributed by atoms with E-state index in [1.807, 2.05) is 0 Å². The fraction of sp³-hybridized carbons (Fsp3) is 1.00. The average molecular weight is 276 g/mol. The molecule has 3 rings (SSSR count). The summed E-state index contributed by atoms with van der Waals surface area (Å²) in [6, 6.07) is 0.